The first kappa shape index (κ1) is 24.5. The zero-order valence-electron chi connectivity index (χ0n) is 23.4. The number of rotatable bonds is 4. The first-order valence-corrected chi connectivity index (χ1v) is 14.5. The van der Waals surface area contributed by atoms with E-state index in [9.17, 15) is 0 Å². The summed E-state index contributed by atoms with van der Waals surface area (Å²) in [4.78, 5) is 15.0. The number of nitrogens with zero attached hydrogens (tertiary/aromatic N) is 3. The van der Waals surface area contributed by atoms with Crippen LogP contribution in [-0.2, 0) is 0 Å². The number of aromatic nitrogens is 3. The lowest BCUT2D eigenvalue weighted by atomic mass is 10.0. The number of para-hydroxylation sites is 2. The van der Waals surface area contributed by atoms with E-state index < -0.39 is 0 Å². The third-order valence-electron chi connectivity index (χ3n) is 8.13. The van der Waals surface area contributed by atoms with E-state index in [0.717, 1.165) is 77.6 Å². The summed E-state index contributed by atoms with van der Waals surface area (Å²) in [6.07, 6.45) is 0. The summed E-state index contributed by atoms with van der Waals surface area (Å²) in [5, 5.41) is 3.90. The predicted molar refractivity (Wildman–Crippen MR) is 176 cm³/mol. The Morgan fingerprint density at radius 2 is 0.932 bits per heavy atom. The summed E-state index contributed by atoms with van der Waals surface area (Å²) < 4.78 is 12.7. The van der Waals surface area contributed by atoms with Crippen LogP contribution in [0.15, 0.2) is 148 Å². The molecule has 0 fully saturated rings. The minimum atomic E-state index is 0.563. The van der Waals surface area contributed by atoms with E-state index in [2.05, 4.69) is 54.6 Å². The first-order chi connectivity index (χ1) is 21.8. The van der Waals surface area contributed by atoms with Crippen molar-refractivity contribution in [3.05, 3.63) is 140 Å². The fraction of sp³-hybridized carbons (Fsp3) is 0. The zero-order valence-corrected chi connectivity index (χ0v) is 23.4. The van der Waals surface area contributed by atoms with Gasteiger partial charge in [0.25, 0.3) is 0 Å². The Morgan fingerprint density at radius 1 is 0.409 bits per heavy atom. The highest BCUT2D eigenvalue weighted by Gasteiger charge is 2.22. The van der Waals surface area contributed by atoms with Gasteiger partial charge in [-0.05, 0) is 18.2 Å². The molecule has 0 aliphatic carbocycles. The van der Waals surface area contributed by atoms with Crippen molar-refractivity contribution in [3.63, 3.8) is 0 Å². The molecule has 5 heteroatoms. The van der Waals surface area contributed by atoms with E-state index in [4.69, 9.17) is 23.8 Å². The minimum absolute atomic E-state index is 0.563. The maximum absolute atomic E-state index is 6.48. The largest absolute Gasteiger partial charge is 0.455 e. The Hall–Kier alpha value is -6.07. The summed E-state index contributed by atoms with van der Waals surface area (Å²) in [6, 6.07) is 46.9. The Labute approximate surface area is 252 Å². The molecule has 0 aliphatic heterocycles. The van der Waals surface area contributed by atoms with Crippen LogP contribution >= 0.6 is 0 Å². The van der Waals surface area contributed by atoms with Crippen molar-refractivity contribution >= 4 is 44.0 Å². The zero-order chi connectivity index (χ0) is 29.0. The van der Waals surface area contributed by atoms with Crippen LogP contribution in [0, 0.1) is 0 Å². The lowest BCUT2D eigenvalue weighted by molar-refractivity contribution is 0.651. The maximum Gasteiger partial charge on any atom is 0.231 e. The van der Waals surface area contributed by atoms with Crippen LogP contribution in [-0.4, -0.2) is 15.0 Å². The quantitative estimate of drug-likeness (QED) is 0.212. The molecule has 0 N–H and O–H groups in total. The number of benzene rings is 5. The maximum atomic E-state index is 6.48. The highest BCUT2D eigenvalue weighted by atomic mass is 16.4. The third kappa shape index (κ3) is 3.91. The number of pyridine rings is 1. The van der Waals surface area contributed by atoms with Gasteiger partial charge in [0.2, 0.25) is 5.71 Å². The molecular weight excluding hydrogens is 542 g/mol. The van der Waals surface area contributed by atoms with Gasteiger partial charge >= 0.3 is 0 Å². The van der Waals surface area contributed by atoms with Gasteiger partial charge in [0, 0.05) is 33.0 Å². The van der Waals surface area contributed by atoms with Gasteiger partial charge in [-0.1, -0.05) is 121 Å². The minimum Gasteiger partial charge on any atom is -0.455 e. The van der Waals surface area contributed by atoms with Gasteiger partial charge in [0.1, 0.15) is 11.2 Å². The fourth-order valence-electron chi connectivity index (χ4n) is 6.02. The summed E-state index contributed by atoms with van der Waals surface area (Å²) in [6.45, 7) is 0. The van der Waals surface area contributed by atoms with E-state index in [-0.39, 0.29) is 0 Å². The number of furan rings is 2. The number of fused-ring (bicyclic) bond motifs is 7. The second-order valence-corrected chi connectivity index (χ2v) is 10.8. The second kappa shape index (κ2) is 9.75. The van der Waals surface area contributed by atoms with Crippen molar-refractivity contribution in [3.8, 4) is 45.2 Å². The fourth-order valence-corrected chi connectivity index (χ4v) is 6.02. The average molecular weight is 566 g/mol. The Bertz CT molecular complexity index is 2420. The molecule has 0 radical (unpaired) electrons. The van der Waals surface area contributed by atoms with Gasteiger partial charge in [-0.15, -0.1) is 0 Å². The highest BCUT2D eigenvalue weighted by Crippen LogP contribution is 2.43. The molecule has 0 spiro atoms. The van der Waals surface area contributed by atoms with Crippen molar-refractivity contribution in [2.75, 3.05) is 0 Å². The van der Waals surface area contributed by atoms with E-state index in [0.29, 0.717) is 11.5 Å². The van der Waals surface area contributed by atoms with Gasteiger partial charge in [0.15, 0.2) is 11.4 Å². The van der Waals surface area contributed by atoms with Gasteiger partial charge in [-0.25, -0.2) is 15.0 Å². The molecule has 0 amide bonds. The van der Waals surface area contributed by atoms with Crippen LogP contribution in [0.1, 0.15) is 0 Å². The topological polar surface area (TPSA) is 65.0 Å². The van der Waals surface area contributed by atoms with Crippen LogP contribution in [0.4, 0.5) is 0 Å². The summed E-state index contributed by atoms with van der Waals surface area (Å²) in [5.41, 5.74) is 9.48. The first-order valence-electron chi connectivity index (χ1n) is 14.5. The molecule has 0 saturated heterocycles. The van der Waals surface area contributed by atoms with Crippen molar-refractivity contribution in [1.29, 1.82) is 0 Å². The molecule has 9 rings (SSSR count). The molecule has 9 aromatic rings. The second-order valence-electron chi connectivity index (χ2n) is 10.8. The van der Waals surface area contributed by atoms with Gasteiger partial charge in [-0.3, -0.25) is 0 Å². The van der Waals surface area contributed by atoms with Crippen LogP contribution in [0.3, 0.4) is 0 Å². The number of hydrogen-bond donors (Lipinski definition) is 0. The molecule has 0 aliphatic rings. The van der Waals surface area contributed by atoms with Crippen LogP contribution < -0.4 is 0 Å². The summed E-state index contributed by atoms with van der Waals surface area (Å²) in [7, 11) is 0. The van der Waals surface area contributed by atoms with Crippen molar-refractivity contribution in [2.45, 2.75) is 0 Å². The summed E-state index contributed by atoms with van der Waals surface area (Å²) >= 11 is 0. The van der Waals surface area contributed by atoms with Crippen LogP contribution in [0.5, 0.6) is 0 Å². The molecule has 206 valence electrons. The third-order valence-corrected chi connectivity index (χ3v) is 8.13. The van der Waals surface area contributed by atoms with Crippen LogP contribution in [0.25, 0.3) is 89.2 Å². The monoisotopic (exact) mass is 565 g/mol. The molecule has 4 aromatic heterocycles. The lowest BCUT2D eigenvalue weighted by Crippen LogP contribution is -1.96. The Morgan fingerprint density at radius 3 is 1.61 bits per heavy atom. The molecule has 44 heavy (non-hydrogen) atoms. The van der Waals surface area contributed by atoms with Crippen molar-refractivity contribution in [1.82, 2.24) is 15.0 Å². The van der Waals surface area contributed by atoms with E-state index in [1.54, 1.807) is 0 Å². The standard InChI is InChI=1S/C39H23N3O2/c1-3-11-24(12-4-1)30-23-31(41-38(40-30)27-13-5-2-6-14-27)25-19-21-26(22-20-25)36-34-28-15-7-9-17-32(28)43-37(34)35-29-16-8-10-18-33(29)44-39(35)42-36/h1-23H. The van der Waals surface area contributed by atoms with Crippen LogP contribution in [0.2, 0.25) is 0 Å². The normalized spacial score (nSPS) is 11.6. The van der Waals surface area contributed by atoms with E-state index >= 15 is 0 Å². The highest BCUT2D eigenvalue weighted by molar-refractivity contribution is 6.24. The van der Waals surface area contributed by atoms with Gasteiger partial charge in [0.05, 0.1) is 27.9 Å². The average Bonchev–Trinajstić information content (AvgIpc) is 3.67. The lowest BCUT2D eigenvalue weighted by Gasteiger charge is -2.10. The van der Waals surface area contributed by atoms with Crippen molar-refractivity contribution in [2.24, 2.45) is 0 Å². The van der Waals surface area contributed by atoms with Crippen molar-refractivity contribution < 1.29 is 8.83 Å². The molecule has 0 saturated carbocycles. The Balaban J connectivity index is 1.23. The van der Waals surface area contributed by atoms with E-state index in [1.165, 1.54) is 0 Å². The molecule has 5 nitrogen and oxygen atoms in total. The van der Waals surface area contributed by atoms with Gasteiger partial charge in [-0.2, -0.15) is 0 Å². The molecule has 0 atom stereocenters. The molecular formula is C39H23N3O2. The molecule has 0 bridgehead atoms. The molecule has 5 aromatic carbocycles. The van der Waals surface area contributed by atoms with E-state index in [1.807, 2.05) is 84.9 Å². The number of hydrogen-bond acceptors (Lipinski definition) is 5. The predicted octanol–water partition coefficient (Wildman–Crippen LogP) is 10.3. The summed E-state index contributed by atoms with van der Waals surface area (Å²) in [5.74, 6) is 0.689. The smallest absolute Gasteiger partial charge is 0.231 e. The van der Waals surface area contributed by atoms with Gasteiger partial charge < -0.3 is 8.83 Å². The Kier molecular flexibility index (Phi) is 5.43. The molecule has 0 unspecified atom stereocenters. The molecule has 4 heterocycles. The SMILES string of the molecule is c1ccc(-c2cc(-c3ccc(-c4nc5oc6ccccc6c5c5oc6ccccc6c45)cc3)nc(-c3ccccc3)n2)cc1.